The third-order valence-electron chi connectivity index (χ3n) is 4.10. The van der Waals surface area contributed by atoms with Gasteiger partial charge in [0, 0.05) is 6.54 Å². The Morgan fingerprint density at radius 1 is 0.750 bits per heavy atom. The standard InChI is InChI=1S/C22H23NO/c1-23(2)16-22-20(17-10-6-4-7-11-17)14-19(24-3)15-21(22)18-12-8-5-9-13-18/h4-15H,16H2,1-3H3. The highest BCUT2D eigenvalue weighted by molar-refractivity contribution is 5.80. The number of benzene rings is 3. The Morgan fingerprint density at radius 2 is 1.21 bits per heavy atom. The van der Waals surface area contributed by atoms with Crippen LogP contribution in [0.15, 0.2) is 72.8 Å². The van der Waals surface area contributed by atoms with Crippen LogP contribution >= 0.6 is 0 Å². The van der Waals surface area contributed by atoms with Gasteiger partial charge in [-0.25, -0.2) is 0 Å². The van der Waals surface area contributed by atoms with Gasteiger partial charge in [0.15, 0.2) is 0 Å². The van der Waals surface area contributed by atoms with Crippen LogP contribution in [0.25, 0.3) is 22.3 Å². The molecular formula is C22H23NO. The molecule has 2 heteroatoms. The zero-order chi connectivity index (χ0) is 16.9. The third kappa shape index (κ3) is 3.50. The van der Waals surface area contributed by atoms with Gasteiger partial charge in [-0.05, 0) is 54.0 Å². The van der Waals surface area contributed by atoms with Crippen LogP contribution in [0.2, 0.25) is 0 Å². The molecule has 122 valence electrons. The van der Waals surface area contributed by atoms with E-state index in [0.29, 0.717) is 0 Å². The maximum atomic E-state index is 5.58. The SMILES string of the molecule is COc1cc(-c2ccccc2)c(CN(C)C)c(-c2ccccc2)c1. The predicted molar refractivity (Wildman–Crippen MR) is 101 cm³/mol. The Balaban J connectivity index is 2.27. The lowest BCUT2D eigenvalue weighted by molar-refractivity contribution is 0.401. The number of nitrogens with zero attached hydrogens (tertiary/aromatic N) is 1. The quantitative estimate of drug-likeness (QED) is 0.650. The van der Waals surface area contributed by atoms with Crippen LogP contribution in [0.4, 0.5) is 0 Å². The minimum absolute atomic E-state index is 0.873. The Bertz CT molecular complexity index is 734. The van der Waals surface area contributed by atoms with E-state index in [0.717, 1.165) is 12.3 Å². The highest BCUT2D eigenvalue weighted by Crippen LogP contribution is 2.37. The van der Waals surface area contributed by atoms with Gasteiger partial charge < -0.3 is 9.64 Å². The fourth-order valence-electron chi connectivity index (χ4n) is 3.00. The van der Waals surface area contributed by atoms with Gasteiger partial charge in [-0.2, -0.15) is 0 Å². The van der Waals surface area contributed by atoms with Crippen LogP contribution in [0, 0.1) is 0 Å². The van der Waals surface area contributed by atoms with E-state index in [1.807, 2.05) is 12.1 Å². The molecule has 3 rings (SSSR count). The van der Waals surface area contributed by atoms with Gasteiger partial charge in [0.1, 0.15) is 5.75 Å². The molecule has 3 aromatic carbocycles. The first kappa shape index (κ1) is 16.3. The molecule has 0 aliphatic carbocycles. The molecule has 0 bridgehead atoms. The number of ether oxygens (including phenoxy) is 1. The van der Waals surface area contributed by atoms with Crippen LogP contribution in [0.1, 0.15) is 5.56 Å². The Morgan fingerprint density at radius 3 is 1.58 bits per heavy atom. The van der Waals surface area contributed by atoms with Crippen molar-refractivity contribution >= 4 is 0 Å². The number of methoxy groups -OCH3 is 1. The van der Waals surface area contributed by atoms with E-state index in [-0.39, 0.29) is 0 Å². The summed E-state index contributed by atoms with van der Waals surface area (Å²) in [6.07, 6.45) is 0. The Hall–Kier alpha value is -2.58. The summed E-state index contributed by atoms with van der Waals surface area (Å²) in [6, 6.07) is 25.3. The maximum absolute atomic E-state index is 5.58. The molecule has 0 saturated heterocycles. The summed E-state index contributed by atoms with van der Waals surface area (Å²) in [6.45, 7) is 0.873. The highest BCUT2D eigenvalue weighted by Gasteiger charge is 2.15. The fraction of sp³-hybridized carbons (Fsp3) is 0.182. The normalized spacial score (nSPS) is 10.8. The van der Waals surface area contributed by atoms with Crippen LogP contribution in [0.5, 0.6) is 5.75 Å². The van der Waals surface area contributed by atoms with Crippen molar-refractivity contribution in [3.05, 3.63) is 78.4 Å². The molecule has 0 spiro atoms. The smallest absolute Gasteiger partial charge is 0.120 e. The van der Waals surface area contributed by atoms with Gasteiger partial charge in [-0.15, -0.1) is 0 Å². The van der Waals surface area contributed by atoms with Crippen molar-refractivity contribution in [1.29, 1.82) is 0 Å². The van der Waals surface area contributed by atoms with E-state index in [1.165, 1.54) is 27.8 Å². The van der Waals surface area contributed by atoms with Crippen LogP contribution in [-0.2, 0) is 6.54 Å². The molecule has 24 heavy (non-hydrogen) atoms. The molecule has 0 fully saturated rings. The topological polar surface area (TPSA) is 12.5 Å². The average molecular weight is 317 g/mol. The molecule has 0 unspecified atom stereocenters. The predicted octanol–water partition coefficient (Wildman–Crippen LogP) is 5.09. The molecule has 0 aromatic heterocycles. The Labute approximate surface area is 144 Å². The third-order valence-corrected chi connectivity index (χ3v) is 4.10. The zero-order valence-corrected chi connectivity index (χ0v) is 14.5. The molecule has 0 saturated carbocycles. The van der Waals surface area contributed by atoms with Crippen molar-refractivity contribution in [3.63, 3.8) is 0 Å². The van der Waals surface area contributed by atoms with E-state index in [9.17, 15) is 0 Å². The second-order valence-corrected chi connectivity index (χ2v) is 6.17. The molecule has 0 aliphatic heterocycles. The van der Waals surface area contributed by atoms with Gasteiger partial charge in [0.2, 0.25) is 0 Å². The molecule has 0 heterocycles. The fourth-order valence-corrected chi connectivity index (χ4v) is 3.00. The monoisotopic (exact) mass is 317 g/mol. The summed E-state index contributed by atoms with van der Waals surface area (Å²) in [5.41, 5.74) is 6.19. The second-order valence-electron chi connectivity index (χ2n) is 6.17. The molecule has 2 nitrogen and oxygen atoms in total. The average Bonchev–Trinajstić information content (AvgIpc) is 2.63. The van der Waals surface area contributed by atoms with Gasteiger partial charge in [0.05, 0.1) is 7.11 Å². The van der Waals surface area contributed by atoms with Crippen LogP contribution in [-0.4, -0.2) is 26.1 Å². The molecule has 0 N–H and O–H groups in total. The molecule has 0 atom stereocenters. The van der Waals surface area contributed by atoms with E-state index >= 15 is 0 Å². The van der Waals surface area contributed by atoms with Gasteiger partial charge in [-0.1, -0.05) is 60.7 Å². The zero-order valence-electron chi connectivity index (χ0n) is 14.5. The van der Waals surface area contributed by atoms with Crippen molar-refractivity contribution in [2.24, 2.45) is 0 Å². The van der Waals surface area contributed by atoms with E-state index in [4.69, 9.17) is 4.74 Å². The lowest BCUT2D eigenvalue weighted by Crippen LogP contribution is -2.13. The van der Waals surface area contributed by atoms with Crippen LogP contribution in [0.3, 0.4) is 0 Å². The summed E-state index contributed by atoms with van der Waals surface area (Å²) in [5, 5.41) is 0. The molecule has 0 radical (unpaired) electrons. The first-order chi connectivity index (χ1) is 11.7. The summed E-state index contributed by atoms with van der Waals surface area (Å²) < 4.78 is 5.58. The van der Waals surface area contributed by atoms with Gasteiger partial charge in [-0.3, -0.25) is 0 Å². The van der Waals surface area contributed by atoms with Crippen molar-refractivity contribution < 1.29 is 4.74 Å². The van der Waals surface area contributed by atoms with E-state index in [1.54, 1.807) is 7.11 Å². The molecule has 0 amide bonds. The summed E-state index contributed by atoms with van der Waals surface area (Å²) >= 11 is 0. The summed E-state index contributed by atoms with van der Waals surface area (Å²) in [4.78, 5) is 2.21. The first-order valence-corrected chi connectivity index (χ1v) is 8.15. The van der Waals surface area contributed by atoms with E-state index in [2.05, 4.69) is 79.7 Å². The minimum Gasteiger partial charge on any atom is -0.497 e. The van der Waals surface area contributed by atoms with Crippen molar-refractivity contribution in [2.75, 3.05) is 21.2 Å². The van der Waals surface area contributed by atoms with Crippen molar-refractivity contribution in [1.82, 2.24) is 4.90 Å². The summed E-state index contributed by atoms with van der Waals surface area (Å²) in [5.74, 6) is 0.884. The number of hydrogen-bond acceptors (Lipinski definition) is 2. The van der Waals surface area contributed by atoms with Gasteiger partial charge in [0.25, 0.3) is 0 Å². The van der Waals surface area contributed by atoms with Crippen molar-refractivity contribution in [3.8, 4) is 28.0 Å². The number of hydrogen-bond donors (Lipinski definition) is 0. The molecule has 0 aliphatic rings. The second kappa shape index (κ2) is 7.33. The molecule has 3 aromatic rings. The highest BCUT2D eigenvalue weighted by atomic mass is 16.5. The van der Waals surface area contributed by atoms with Gasteiger partial charge >= 0.3 is 0 Å². The summed E-state index contributed by atoms with van der Waals surface area (Å²) in [7, 11) is 5.94. The minimum atomic E-state index is 0.873. The first-order valence-electron chi connectivity index (χ1n) is 8.15. The van der Waals surface area contributed by atoms with Crippen molar-refractivity contribution in [2.45, 2.75) is 6.54 Å². The van der Waals surface area contributed by atoms with Crippen LogP contribution < -0.4 is 4.74 Å². The Kier molecular flexibility index (Phi) is 4.97. The number of rotatable bonds is 5. The van der Waals surface area contributed by atoms with E-state index < -0.39 is 0 Å². The lowest BCUT2D eigenvalue weighted by Gasteiger charge is -2.20. The maximum Gasteiger partial charge on any atom is 0.120 e. The lowest BCUT2D eigenvalue weighted by atomic mass is 9.91. The largest absolute Gasteiger partial charge is 0.497 e. The molecular weight excluding hydrogens is 294 g/mol.